The van der Waals surface area contributed by atoms with E-state index in [0.717, 1.165) is 12.1 Å². The SMILES string of the molecule is CC(=O)O[C@@H]1[C@@H](OC(C)=O)[C@@H](Oc2cncc(-c3ccc(C(F)(F)F)cc3)c2)SC[C@H]1OC(C)=O. The number of thioether (sulfide) groups is 1. The van der Waals surface area contributed by atoms with E-state index in [1.54, 1.807) is 6.07 Å². The zero-order valence-corrected chi connectivity index (χ0v) is 19.7. The van der Waals surface area contributed by atoms with Crippen LogP contribution in [0.5, 0.6) is 5.75 Å². The molecule has 4 atom stereocenters. The quantitative estimate of drug-likeness (QED) is 0.419. The molecule has 35 heavy (non-hydrogen) atoms. The number of aromatic nitrogens is 1. The lowest BCUT2D eigenvalue weighted by molar-refractivity contribution is -0.186. The standard InChI is InChI=1S/C23H22F3NO7S/c1-12(28)31-19-11-35-22(21(33-14(3)30)20(19)32-13(2)29)34-18-8-16(9-27-10-18)15-4-6-17(7-5-15)23(24,25)26/h4-10,19-22H,11H2,1-3H3/t19-,20+,21-,22+/m1/s1. The van der Waals surface area contributed by atoms with Crippen LogP contribution in [0.15, 0.2) is 42.7 Å². The van der Waals surface area contributed by atoms with Gasteiger partial charge in [-0.05, 0) is 23.8 Å². The van der Waals surface area contributed by atoms with Gasteiger partial charge in [0.2, 0.25) is 0 Å². The Balaban J connectivity index is 1.85. The first-order valence-corrected chi connectivity index (χ1v) is 11.4. The van der Waals surface area contributed by atoms with Crippen LogP contribution in [0.4, 0.5) is 13.2 Å². The maximum absolute atomic E-state index is 12.9. The first-order valence-electron chi connectivity index (χ1n) is 10.4. The first-order chi connectivity index (χ1) is 16.4. The highest BCUT2D eigenvalue weighted by molar-refractivity contribution is 7.99. The Kier molecular flexibility index (Phi) is 8.26. The number of carbonyl (C=O) groups excluding carboxylic acids is 3. The predicted octanol–water partition coefficient (Wildman–Crippen LogP) is 4.01. The Hall–Kier alpha value is -3.28. The average molecular weight is 513 g/mol. The van der Waals surface area contributed by atoms with Crippen molar-refractivity contribution in [2.75, 3.05) is 5.75 Å². The molecule has 3 rings (SSSR count). The van der Waals surface area contributed by atoms with Gasteiger partial charge in [-0.2, -0.15) is 13.2 Å². The van der Waals surface area contributed by atoms with Gasteiger partial charge in [0.25, 0.3) is 0 Å². The molecular formula is C23H22F3NO7S. The molecule has 188 valence electrons. The number of esters is 3. The lowest BCUT2D eigenvalue weighted by atomic mass is 10.1. The smallest absolute Gasteiger partial charge is 0.416 e. The summed E-state index contributed by atoms with van der Waals surface area (Å²) in [6, 6.07) is 6.15. The molecule has 0 bridgehead atoms. The van der Waals surface area contributed by atoms with Gasteiger partial charge in [-0.3, -0.25) is 19.4 Å². The van der Waals surface area contributed by atoms with Crippen molar-refractivity contribution in [1.29, 1.82) is 0 Å². The van der Waals surface area contributed by atoms with Gasteiger partial charge in [0.15, 0.2) is 23.7 Å². The second-order valence-corrected chi connectivity index (χ2v) is 8.73. The van der Waals surface area contributed by atoms with E-state index in [1.165, 1.54) is 57.1 Å². The Morgan fingerprint density at radius 3 is 2.06 bits per heavy atom. The van der Waals surface area contributed by atoms with Crippen molar-refractivity contribution >= 4 is 29.7 Å². The number of hydrogen-bond donors (Lipinski definition) is 0. The second kappa shape index (κ2) is 11.0. The first kappa shape index (κ1) is 26.3. The normalized spacial score (nSPS) is 22.1. The van der Waals surface area contributed by atoms with Gasteiger partial charge < -0.3 is 18.9 Å². The van der Waals surface area contributed by atoms with E-state index in [-0.39, 0.29) is 11.5 Å². The number of ether oxygens (including phenoxy) is 4. The van der Waals surface area contributed by atoms with Gasteiger partial charge in [0.05, 0.1) is 11.8 Å². The van der Waals surface area contributed by atoms with E-state index in [9.17, 15) is 27.6 Å². The molecule has 1 aromatic heterocycles. The molecule has 2 heterocycles. The summed E-state index contributed by atoms with van der Waals surface area (Å²) < 4.78 is 60.5. The third-order valence-corrected chi connectivity index (χ3v) is 6.03. The molecule has 1 aliphatic rings. The van der Waals surface area contributed by atoms with Crippen molar-refractivity contribution in [3.8, 4) is 16.9 Å². The number of rotatable bonds is 6. The topological polar surface area (TPSA) is 101 Å². The maximum atomic E-state index is 12.9. The molecule has 0 aliphatic carbocycles. The fraction of sp³-hybridized carbons (Fsp3) is 0.391. The molecule has 0 radical (unpaired) electrons. The Bertz CT molecular complexity index is 1080. The van der Waals surface area contributed by atoms with Crippen molar-refractivity contribution in [1.82, 2.24) is 4.98 Å². The van der Waals surface area contributed by atoms with Gasteiger partial charge in [0.1, 0.15) is 5.75 Å². The minimum Gasteiger partial charge on any atom is -0.474 e. The van der Waals surface area contributed by atoms with Crippen LogP contribution in [0.25, 0.3) is 11.1 Å². The molecule has 0 N–H and O–H groups in total. The minimum atomic E-state index is -4.45. The average Bonchev–Trinajstić information content (AvgIpc) is 2.76. The minimum absolute atomic E-state index is 0.186. The molecule has 1 aromatic carbocycles. The molecule has 1 fully saturated rings. The van der Waals surface area contributed by atoms with E-state index >= 15 is 0 Å². The number of nitrogens with zero attached hydrogens (tertiary/aromatic N) is 1. The van der Waals surface area contributed by atoms with E-state index in [1.807, 2.05) is 0 Å². The highest BCUT2D eigenvalue weighted by Gasteiger charge is 2.47. The number of alkyl halides is 3. The summed E-state index contributed by atoms with van der Waals surface area (Å²) in [5.74, 6) is -1.50. The Morgan fingerprint density at radius 1 is 0.886 bits per heavy atom. The Labute approximate surface area is 203 Å². The summed E-state index contributed by atoms with van der Waals surface area (Å²) in [6.07, 6.45) is -4.70. The molecule has 0 spiro atoms. The van der Waals surface area contributed by atoms with Crippen LogP contribution in [0, 0.1) is 0 Å². The molecular weight excluding hydrogens is 491 g/mol. The summed E-state index contributed by atoms with van der Waals surface area (Å²) >= 11 is 1.17. The van der Waals surface area contributed by atoms with Crippen LogP contribution in [0.2, 0.25) is 0 Å². The van der Waals surface area contributed by atoms with Gasteiger partial charge in [0, 0.05) is 38.3 Å². The zero-order valence-electron chi connectivity index (χ0n) is 18.9. The molecule has 0 saturated carbocycles. The fourth-order valence-electron chi connectivity index (χ4n) is 3.44. The van der Waals surface area contributed by atoms with Crippen LogP contribution in [0.1, 0.15) is 26.3 Å². The predicted molar refractivity (Wildman–Crippen MR) is 118 cm³/mol. The summed E-state index contributed by atoms with van der Waals surface area (Å²) in [5.41, 5.74) is -0.658. The number of carbonyl (C=O) groups is 3. The highest BCUT2D eigenvalue weighted by Crippen LogP contribution is 2.35. The number of benzene rings is 1. The maximum Gasteiger partial charge on any atom is 0.416 e. The van der Waals surface area contributed by atoms with Crippen molar-refractivity contribution in [2.24, 2.45) is 0 Å². The second-order valence-electron chi connectivity index (χ2n) is 7.60. The van der Waals surface area contributed by atoms with Crippen LogP contribution in [0.3, 0.4) is 0 Å². The molecule has 2 aromatic rings. The van der Waals surface area contributed by atoms with Crippen LogP contribution in [-0.2, 0) is 34.8 Å². The Morgan fingerprint density at radius 2 is 1.49 bits per heavy atom. The highest BCUT2D eigenvalue weighted by atomic mass is 32.2. The van der Waals surface area contributed by atoms with Crippen molar-refractivity contribution < 1.29 is 46.5 Å². The third kappa shape index (κ3) is 7.10. The molecule has 0 amide bonds. The molecule has 12 heteroatoms. The van der Waals surface area contributed by atoms with Gasteiger partial charge >= 0.3 is 24.1 Å². The van der Waals surface area contributed by atoms with Crippen molar-refractivity contribution in [2.45, 2.75) is 50.7 Å². The zero-order chi connectivity index (χ0) is 25.8. The van der Waals surface area contributed by atoms with E-state index in [4.69, 9.17) is 18.9 Å². The van der Waals surface area contributed by atoms with E-state index in [0.29, 0.717) is 11.1 Å². The van der Waals surface area contributed by atoms with Crippen LogP contribution in [-0.4, -0.2) is 52.4 Å². The monoisotopic (exact) mass is 513 g/mol. The number of pyridine rings is 1. The molecule has 8 nitrogen and oxygen atoms in total. The number of hydrogen-bond acceptors (Lipinski definition) is 9. The third-order valence-electron chi connectivity index (χ3n) is 4.82. The van der Waals surface area contributed by atoms with E-state index < -0.39 is 53.4 Å². The molecule has 0 unspecified atom stereocenters. The van der Waals surface area contributed by atoms with Gasteiger partial charge in [-0.25, -0.2) is 0 Å². The van der Waals surface area contributed by atoms with Gasteiger partial charge in [-0.1, -0.05) is 12.1 Å². The fourth-order valence-corrected chi connectivity index (χ4v) is 4.65. The molecule has 1 aliphatic heterocycles. The lowest BCUT2D eigenvalue weighted by Crippen LogP contribution is -2.55. The summed E-state index contributed by atoms with van der Waals surface area (Å²) in [4.78, 5) is 39.1. The van der Waals surface area contributed by atoms with Gasteiger partial charge in [-0.15, -0.1) is 11.8 Å². The van der Waals surface area contributed by atoms with Crippen molar-refractivity contribution in [3.63, 3.8) is 0 Å². The summed E-state index contributed by atoms with van der Waals surface area (Å²) in [7, 11) is 0. The summed E-state index contributed by atoms with van der Waals surface area (Å²) in [6.45, 7) is 3.55. The van der Waals surface area contributed by atoms with Crippen LogP contribution >= 0.6 is 11.8 Å². The largest absolute Gasteiger partial charge is 0.474 e. The van der Waals surface area contributed by atoms with Crippen LogP contribution < -0.4 is 4.74 Å². The van der Waals surface area contributed by atoms with E-state index in [2.05, 4.69) is 4.98 Å². The van der Waals surface area contributed by atoms with Crippen molar-refractivity contribution in [3.05, 3.63) is 48.3 Å². The summed E-state index contributed by atoms with van der Waals surface area (Å²) in [5, 5.41) is 0. The number of halogens is 3. The lowest BCUT2D eigenvalue weighted by Gasteiger charge is -2.39. The molecule has 1 saturated heterocycles.